The predicted octanol–water partition coefficient (Wildman–Crippen LogP) is 4.42. The Hall–Kier alpha value is -1.33. The number of hydrogen-bond donors (Lipinski definition) is 1. The molecule has 0 spiro atoms. The molecule has 1 aliphatic heterocycles. The van der Waals surface area contributed by atoms with Crippen LogP contribution in [0.25, 0.3) is 0 Å². The molecule has 0 aromatic rings. The molecule has 0 aromatic carbocycles. The van der Waals surface area contributed by atoms with Crippen LogP contribution in [-0.4, -0.2) is 23.9 Å². The number of nitrogens with one attached hydrogen (secondary N) is 1. The Morgan fingerprint density at radius 2 is 1.89 bits per heavy atom. The summed E-state index contributed by atoms with van der Waals surface area (Å²) >= 11 is 0. The normalized spacial score (nSPS) is 46.3. The van der Waals surface area contributed by atoms with E-state index in [-0.39, 0.29) is 22.8 Å². The smallest absolute Gasteiger partial charge is 0.349 e. The molecule has 3 nitrogen and oxygen atoms in total. The standard InChI is InChI=1S/C21H28F3NO2/c1-19-9-7-14-12(3-6-17-20(14,2)10-8-18(27)25-17)13(19)4-5-15(19)16(26)11-21(22,23)24/h8,10,12-15,17H,3-7,9,11H2,1-2H3,(H,25,27)/t12-,13-,14-,15+,17+,19-,20+/m0/s1. The SMILES string of the molecule is C[C@]12C=CC(=O)N[C@@H]1CC[C@@H]1[C@@H]2CC[C@]2(C)[C@@H](C(=O)CC(F)(F)F)CC[C@@H]12. The van der Waals surface area contributed by atoms with Crippen molar-refractivity contribution in [3.8, 4) is 0 Å². The Balaban J connectivity index is 1.58. The van der Waals surface area contributed by atoms with Crippen molar-refractivity contribution in [2.24, 2.45) is 34.5 Å². The number of rotatable bonds is 2. The quantitative estimate of drug-likeness (QED) is 0.767. The van der Waals surface area contributed by atoms with Crippen molar-refractivity contribution in [3.05, 3.63) is 12.2 Å². The molecule has 150 valence electrons. The van der Waals surface area contributed by atoms with Crippen LogP contribution in [0, 0.1) is 34.5 Å². The summed E-state index contributed by atoms with van der Waals surface area (Å²) in [5.74, 6) is 0.0429. The molecule has 0 bridgehead atoms. The summed E-state index contributed by atoms with van der Waals surface area (Å²) in [4.78, 5) is 24.2. The fourth-order valence-electron chi connectivity index (χ4n) is 7.18. The molecular weight excluding hydrogens is 355 g/mol. The topological polar surface area (TPSA) is 46.2 Å². The highest BCUT2D eigenvalue weighted by Gasteiger charge is 2.61. The molecule has 3 aliphatic carbocycles. The van der Waals surface area contributed by atoms with Crippen molar-refractivity contribution in [1.82, 2.24) is 5.32 Å². The zero-order chi connectivity index (χ0) is 19.6. The van der Waals surface area contributed by atoms with Gasteiger partial charge in [-0.05, 0) is 67.8 Å². The molecule has 0 saturated heterocycles. The predicted molar refractivity (Wildman–Crippen MR) is 94.6 cm³/mol. The summed E-state index contributed by atoms with van der Waals surface area (Å²) < 4.78 is 38.3. The maximum absolute atomic E-state index is 12.8. The molecule has 1 heterocycles. The molecular formula is C21H28F3NO2. The van der Waals surface area contributed by atoms with Crippen molar-refractivity contribution < 1.29 is 22.8 Å². The minimum Gasteiger partial charge on any atom is -0.349 e. The fraction of sp³-hybridized carbons (Fsp3) is 0.810. The molecule has 4 aliphatic rings. The van der Waals surface area contributed by atoms with Crippen LogP contribution in [0.1, 0.15) is 58.8 Å². The lowest BCUT2D eigenvalue weighted by atomic mass is 9.47. The van der Waals surface area contributed by atoms with E-state index in [9.17, 15) is 22.8 Å². The third-order valence-corrected chi connectivity index (χ3v) is 8.45. The highest BCUT2D eigenvalue weighted by molar-refractivity contribution is 5.89. The summed E-state index contributed by atoms with van der Waals surface area (Å²) in [6.07, 6.45) is 3.05. The van der Waals surface area contributed by atoms with Gasteiger partial charge in [-0.3, -0.25) is 9.59 Å². The van der Waals surface area contributed by atoms with Crippen molar-refractivity contribution in [2.45, 2.75) is 71.0 Å². The van der Waals surface area contributed by atoms with E-state index in [0.717, 1.165) is 32.1 Å². The van der Waals surface area contributed by atoms with Crippen LogP contribution in [0.5, 0.6) is 0 Å². The minimum absolute atomic E-state index is 0.0322. The summed E-state index contributed by atoms with van der Waals surface area (Å²) in [6, 6.07) is 0.143. The maximum atomic E-state index is 12.8. The molecule has 7 atom stereocenters. The third kappa shape index (κ3) is 2.94. The Morgan fingerprint density at radius 1 is 1.15 bits per heavy atom. The monoisotopic (exact) mass is 383 g/mol. The van der Waals surface area contributed by atoms with E-state index in [2.05, 4.69) is 25.2 Å². The largest absolute Gasteiger partial charge is 0.395 e. The number of hydrogen-bond acceptors (Lipinski definition) is 2. The average Bonchev–Trinajstić information content (AvgIpc) is 2.91. The first-order valence-electron chi connectivity index (χ1n) is 10.1. The molecule has 6 heteroatoms. The molecule has 3 saturated carbocycles. The molecule has 27 heavy (non-hydrogen) atoms. The van der Waals surface area contributed by atoms with E-state index < -0.39 is 24.3 Å². The number of halogens is 3. The Kier molecular flexibility index (Phi) is 4.28. The van der Waals surface area contributed by atoms with E-state index in [0.29, 0.717) is 24.2 Å². The van der Waals surface area contributed by atoms with Gasteiger partial charge >= 0.3 is 6.18 Å². The van der Waals surface area contributed by atoms with Crippen LogP contribution in [-0.2, 0) is 9.59 Å². The summed E-state index contributed by atoms with van der Waals surface area (Å²) in [6.45, 7) is 4.28. The first-order chi connectivity index (χ1) is 12.5. The number of fused-ring (bicyclic) bond motifs is 5. The molecule has 1 N–H and O–H groups in total. The second kappa shape index (κ2) is 6.08. The van der Waals surface area contributed by atoms with Crippen molar-refractivity contribution >= 4 is 11.7 Å². The van der Waals surface area contributed by atoms with E-state index >= 15 is 0 Å². The van der Waals surface area contributed by atoms with Gasteiger partial charge in [-0.15, -0.1) is 0 Å². The molecule has 3 fully saturated rings. The minimum atomic E-state index is -4.42. The van der Waals surface area contributed by atoms with Gasteiger partial charge < -0.3 is 5.32 Å². The van der Waals surface area contributed by atoms with Gasteiger partial charge in [0.25, 0.3) is 0 Å². The highest BCUT2D eigenvalue weighted by Crippen LogP contribution is 2.65. The summed E-state index contributed by atoms with van der Waals surface area (Å²) in [5, 5.41) is 3.11. The van der Waals surface area contributed by atoms with Gasteiger partial charge in [0.2, 0.25) is 5.91 Å². The highest BCUT2D eigenvalue weighted by atomic mass is 19.4. The van der Waals surface area contributed by atoms with Crippen molar-refractivity contribution in [2.75, 3.05) is 0 Å². The molecule has 0 radical (unpaired) electrons. The van der Waals surface area contributed by atoms with Crippen LogP contribution in [0.4, 0.5) is 13.2 Å². The van der Waals surface area contributed by atoms with Crippen LogP contribution in [0.3, 0.4) is 0 Å². The van der Waals surface area contributed by atoms with Gasteiger partial charge in [-0.1, -0.05) is 19.9 Å². The number of Topliss-reactive ketones (excluding diaryl/α,β-unsaturated/α-hetero) is 1. The van der Waals surface area contributed by atoms with Gasteiger partial charge in [0.15, 0.2) is 0 Å². The first-order valence-corrected chi connectivity index (χ1v) is 10.1. The molecule has 0 unspecified atom stereocenters. The number of amides is 1. The fourth-order valence-corrected chi connectivity index (χ4v) is 7.18. The lowest BCUT2D eigenvalue weighted by Crippen LogP contribution is -2.59. The zero-order valence-corrected chi connectivity index (χ0v) is 15.9. The van der Waals surface area contributed by atoms with Crippen molar-refractivity contribution in [1.29, 1.82) is 0 Å². The number of carbonyl (C=O) groups is 2. The summed E-state index contributed by atoms with van der Waals surface area (Å²) in [7, 11) is 0. The molecule has 1 amide bonds. The Morgan fingerprint density at radius 3 is 2.59 bits per heavy atom. The van der Waals surface area contributed by atoms with Gasteiger partial charge in [0, 0.05) is 17.4 Å². The van der Waals surface area contributed by atoms with Crippen LogP contribution in [0.15, 0.2) is 12.2 Å². The van der Waals surface area contributed by atoms with E-state index in [1.807, 2.05) is 0 Å². The zero-order valence-electron chi connectivity index (χ0n) is 15.9. The lowest BCUT2D eigenvalue weighted by molar-refractivity contribution is -0.159. The molecule has 0 aromatic heterocycles. The van der Waals surface area contributed by atoms with Crippen molar-refractivity contribution in [3.63, 3.8) is 0 Å². The maximum Gasteiger partial charge on any atom is 0.395 e. The number of alkyl halides is 3. The van der Waals surface area contributed by atoms with Gasteiger partial charge in [0.05, 0.1) is 0 Å². The van der Waals surface area contributed by atoms with E-state index in [4.69, 9.17) is 0 Å². The Labute approximate surface area is 158 Å². The van der Waals surface area contributed by atoms with Gasteiger partial charge in [0.1, 0.15) is 12.2 Å². The van der Waals surface area contributed by atoms with Crippen LogP contribution >= 0.6 is 0 Å². The summed E-state index contributed by atoms with van der Waals surface area (Å²) in [5.41, 5.74) is -0.402. The average molecular weight is 383 g/mol. The van der Waals surface area contributed by atoms with Crippen LogP contribution < -0.4 is 5.32 Å². The first kappa shape index (κ1) is 19.0. The van der Waals surface area contributed by atoms with E-state index in [1.54, 1.807) is 6.08 Å². The Bertz CT molecular complexity index is 687. The van der Waals surface area contributed by atoms with Crippen LogP contribution in [0.2, 0.25) is 0 Å². The lowest BCUT2D eigenvalue weighted by Gasteiger charge is -2.58. The second-order valence-electron chi connectivity index (χ2n) is 9.65. The number of carbonyl (C=O) groups excluding carboxylic acids is 2. The second-order valence-corrected chi connectivity index (χ2v) is 9.65. The van der Waals surface area contributed by atoms with E-state index in [1.165, 1.54) is 0 Å². The van der Waals surface area contributed by atoms with Gasteiger partial charge in [-0.25, -0.2) is 0 Å². The number of ketones is 1. The van der Waals surface area contributed by atoms with Gasteiger partial charge in [-0.2, -0.15) is 13.2 Å². The molecule has 4 rings (SSSR count). The third-order valence-electron chi connectivity index (χ3n) is 8.45.